The van der Waals surface area contributed by atoms with E-state index >= 15 is 0 Å². The van der Waals surface area contributed by atoms with Gasteiger partial charge in [0.25, 0.3) is 11.8 Å². The van der Waals surface area contributed by atoms with Crippen LogP contribution < -0.4 is 21.0 Å². The van der Waals surface area contributed by atoms with Gasteiger partial charge in [0, 0.05) is 52.4 Å². The van der Waals surface area contributed by atoms with Gasteiger partial charge in [-0.25, -0.2) is 4.98 Å². The van der Waals surface area contributed by atoms with Crippen molar-refractivity contribution in [3.8, 4) is 0 Å². The van der Waals surface area contributed by atoms with Crippen LogP contribution in [-0.4, -0.2) is 67.5 Å². The van der Waals surface area contributed by atoms with Gasteiger partial charge in [-0.05, 0) is 72.3 Å². The smallest absolute Gasteiger partial charge is 0.280 e. The molecule has 2 amide bonds. The highest BCUT2D eigenvalue weighted by Gasteiger charge is 2.42. The molecule has 274 valence electrons. The van der Waals surface area contributed by atoms with Gasteiger partial charge in [-0.3, -0.25) is 9.59 Å². The third-order valence-electron chi connectivity index (χ3n) is 10.2. The van der Waals surface area contributed by atoms with Crippen LogP contribution in [0.2, 0.25) is 5.02 Å². The molecule has 0 saturated heterocycles. The molecule has 7 rings (SSSR count). The van der Waals surface area contributed by atoms with E-state index in [1.54, 1.807) is 6.07 Å². The van der Waals surface area contributed by atoms with E-state index in [1.165, 1.54) is 21.7 Å². The summed E-state index contributed by atoms with van der Waals surface area (Å²) in [7, 11) is 0.0248. The molecule has 12 heteroatoms. The van der Waals surface area contributed by atoms with Crippen molar-refractivity contribution in [1.29, 1.82) is 0 Å². The van der Waals surface area contributed by atoms with Gasteiger partial charge < -0.3 is 24.9 Å². The number of aromatic amines is 1. The van der Waals surface area contributed by atoms with Gasteiger partial charge in [-0.2, -0.15) is 0 Å². The standard InChI is InChI=1S/C40H46ClN5O3SSi.ClH/c1-40(2,3)36(49-51(28-11-7-5-8-12-28)29-13-9-6-10-14-29)25-15-17-31(43-37(47)34-23-26-21-27(41)16-18-30(26)42-34)33(22-25)44-38(48)39-45-32-19-20-46(4)24-35(32)50-39;/h5-14,16,18,21,23,25,31,33,36,42,51H,15,17,19-20,22,24H2,1-4H3,(H,43,47)(H,44,48);1H. The van der Waals surface area contributed by atoms with E-state index in [9.17, 15) is 9.59 Å². The monoisotopic (exact) mass is 775 g/mol. The molecule has 0 bridgehead atoms. The first kappa shape index (κ1) is 38.2. The Hall–Kier alpha value is -3.51. The van der Waals surface area contributed by atoms with Crippen molar-refractivity contribution in [2.75, 3.05) is 13.6 Å². The maximum Gasteiger partial charge on any atom is 0.280 e. The molecular formula is C40H47Cl2N5O3SSi. The molecule has 3 heterocycles. The summed E-state index contributed by atoms with van der Waals surface area (Å²) in [6.07, 6.45) is 2.98. The minimum absolute atomic E-state index is 0. The van der Waals surface area contributed by atoms with E-state index in [2.05, 4.69) is 96.9 Å². The summed E-state index contributed by atoms with van der Waals surface area (Å²) in [5.41, 5.74) is 2.16. The summed E-state index contributed by atoms with van der Waals surface area (Å²) in [6.45, 7) is 8.48. The number of fused-ring (bicyclic) bond motifs is 2. The number of H-pyrrole nitrogens is 1. The number of likely N-dealkylation sites (N-methyl/N-ethyl adjacent to an activating group) is 1. The fraction of sp³-hybridized carbons (Fsp3) is 0.375. The fourth-order valence-electron chi connectivity index (χ4n) is 7.71. The van der Waals surface area contributed by atoms with Crippen molar-refractivity contribution in [3.63, 3.8) is 0 Å². The average molecular weight is 777 g/mol. The number of hydrogen-bond acceptors (Lipinski definition) is 6. The Labute approximate surface area is 322 Å². The van der Waals surface area contributed by atoms with E-state index in [4.69, 9.17) is 21.0 Å². The van der Waals surface area contributed by atoms with Gasteiger partial charge >= 0.3 is 0 Å². The second-order valence-electron chi connectivity index (χ2n) is 15.1. The first-order chi connectivity index (χ1) is 24.5. The molecule has 5 aromatic rings. The number of aromatic nitrogens is 2. The van der Waals surface area contributed by atoms with Gasteiger partial charge in [0.2, 0.25) is 9.04 Å². The van der Waals surface area contributed by atoms with E-state index in [1.807, 2.05) is 30.3 Å². The first-order valence-electron chi connectivity index (χ1n) is 17.8. The second kappa shape index (κ2) is 16.2. The lowest BCUT2D eigenvalue weighted by molar-refractivity contribution is 0.00933. The molecule has 1 saturated carbocycles. The topological polar surface area (TPSA) is 99.3 Å². The molecular weight excluding hydrogens is 730 g/mol. The number of halogens is 2. The lowest BCUT2D eigenvalue weighted by Crippen LogP contribution is -2.58. The second-order valence-corrected chi connectivity index (χ2v) is 19.0. The molecule has 2 aliphatic rings. The Morgan fingerprint density at radius 2 is 1.63 bits per heavy atom. The molecule has 1 fully saturated rings. The molecule has 1 aliphatic carbocycles. The highest BCUT2D eigenvalue weighted by molar-refractivity contribution is 7.13. The Bertz CT molecular complexity index is 1960. The van der Waals surface area contributed by atoms with Gasteiger partial charge in [-0.15, -0.1) is 23.7 Å². The maximum absolute atomic E-state index is 14.0. The predicted octanol–water partition coefficient (Wildman–Crippen LogP) is 6.35. The molecule has 8 nitrogen and oxygen atoms in total. The van der Waals surface area contributed by atoms with E-state index in [0.29, 0.717) is 28.6 Å². The highest BCUT2D eigenvalue weighted by Crippen LogP contribution is 2.38. The van der Waals surface area contributed by atoms with Crippen molar-refractivity contribution in [2.24, 2.45) is 11.3 Å². The SMILES string of the molecule is CN1CCc2nc(C(=O)NC3CC(C(O[SiH](c4ccccc4)c4ccccc4)C(C)(C)C)CCC3NC(=O)c3cc4cc(Cl)ccc4[nH]3)sc2C1.Cl. The highest BCUT2D eigenvalue weighted by atomic mass is 35.5. The molecule has 3 aromatic carbocycles. The molecule has 1 aliphatic heterocycles. The van der Waals surface area contributed by atoms with Crippen LogP contribution in [0, 0.1) is 11.3 Å². The Morgan fingerprint density at radius 1 is 0.962 bits per heavy atom. The van der Waals surface area contributed by atoms with Crippen LogP contribution in [0.15, 0.2) is 84.9 Å². The summed E-state index contributed by atoms with van der Waals surface area (Å²) in [6, 6.07) is 27.9. The summed E-state index contributed by atoms with van der Waals surface area (Å²) < 4.78 is 7.37. The minimum Gasteiger partial charge on any atom is -0.407 e. The third kappa shape index (κ3) is 8.64. The van der Waals surface area contributed by atoms with Crippen molar-refractivity contribution in [2.45, 2.75) is 71.2 Å². The number of nitrogens with one attached hydrogen (secondary N) is 3. The van der Waals surface area contributed by atoms with E-state index < -0.39 is 9.04 Å². The van der Waals surface area contributed by atoms with Crippen molar-refractivity contribution in [1.82, 2.24) is 25.5 Å². The van der Waals surface area contributed by atoms with Crippen LogP contribution in [0.3, 0.4) is 0 Å². The van der Waals surface area contributed by atoms with Crippen molar-refractivity contribution >= 4 is 77.5 Å². The number of benzene rings is 3. The molecule has 52 heavy (non-hydrogen) atoms. The minimum atomic E-state index is -2.07. The molecule has 2 aromatic heterocycles. The zero-order valence-electron chi connectivity index (χ0n) is 30.0. The van der Waals surface area contributed by atoms with Crippen LogP contribution in [-0.2, 0) is 17.4 Å². The Kier molecular flexibility index (Phi) is 11.9. The lowest BCUT2D eigenvalue weighted by Gasteiger charge is -2.45. The lowest BCUT2D eigenvalue weighted by atomic mass is 9.72. The summed E-state index contributed by atoms with van der Waals surface area (Å²) in [5, 5.41) is 11.1. The molecule has 0 radical (unpaired) electrons. The molecule has 3 N–H and O–H groups in total. The number of carbonyl (C=O) groups excluding carboxylic acids is 2. The van der Waals surface area contributed by atoms with Crippen molar-refractivity contribution in [3.05, 3.63) is 111 Å². The number of thiazole rings is 1. The Morgan fingerprint density at radius 3 is 2.31 bits per heavy atom. The average Bonchev–Trinajstić information content (AvgIpc) is 3.74. The maximum atomic E-state index is 14.0. The van der Waals surface area contributed by atoms with Crippen LogP contribution in [0.25, 0.3) is 10.9 Å². The normalized spacial score (nSPS) is 19.8. The van der Waals surface area contributed by atoms with Gasteiger partial charge in [0.05, 0.1) is 11.8 Å². The van der Waals surface area contributed by atoms with Gasteiger partial charge in [0.1, 0.15) is 5.69 Å². The largest absolute Gasteiger partial charge is 0.407 e. The van der Waals surface area contributed by atoms with Crippen LogP contribution in [0.1, 0.15) is 70.9 Å². The first-order valence-corrected chi connectivity index (χ1v) is 20.7. The summed E-state index contributed by atoms with van der Waals surface area (Å²) >= 11 is 7.70. The number of amides is 2. The van der Waals surface area contributed by atoms with E-state index in [-0.39, 0.29) is 53.7 Å². The van der Waals surface area contributed by atoms with Crippen LogP contribution in [0.4, 0.5) is 0 Å². The molecule has 0 spiro atoms. The van der Waals surface area contributed by atoms with E-state index in [0.717, 1.165) is 47.4 Å². The Balaban J connectivity index is 0.00000464. The molecule has 4 atom stereocenters. The quantitative estimate of drug-likeness (QED) is 0.152. The molecule has 4 unspecified atom stereocenters. The number of hydrogen-bond donors (Lipinski definition) is 3. The number of carbonyl (C=O) groups is 2. The third-order valence-corrected chi connectivity index (χ3v) is 14.1. The van der Waals surface area contributed by atoms with Gasteiger partial charge in [0.15, 0.2) is 5.01 Å². The van der Waals surface area contributed by atoms with Gasteiger partial charge in [-0.1, -0.05) is 93.0 Å². The van der Waals surface area contributed by atoms with Crippen molar-refractivity contribution < 1.29 is 14.0 Å². The summed E-state index contributed by atoms with van der Waals surface area (Å²) in [4.78, 5) is 39.1. The van der Waals surface area contributed by atoms with Crippen LogP contribution in [0.5, 0.6) is 0 Å². The number of rotatable bonds is 9. The fourth-order valence-corrected chi connectivity index (χ4v) is 11.7. The zero-order valence-corrected chi connectivity index (χ0v) is 33.6. The number of nitrogens with zero attached hydrogens (tertiary/aromatic N) is 2. The van der Waals surface area contributed by atoms with Crippen LogP contribution >= 0.6 is 35.3 Å². The zero-order chi connectivity index (χ0) is 35.7. The summed E-state index contributed by atoms with van der Waals surface area (Å²) in [5.74, 6) is -0.238. The predicted molar refractivity (Wildman–Crippen MR) is 216 cm³/mol.